The van der Waals surface area contributed by atoms with Crippen LogP contribution in [0.2, 0.25) is 0 Å². The summed E-state index contributed by atoms with van der Waals surface area (Å²) in [7, 11) is 0. The second kappa shape index (κ2) is 7.06. The van der Waals surface area contributed by atoms with Crippen LogP contribution in [0.3, 0.4) is 0 Å². The first-order valence-electron chi connectivity index (χ1n) is 8.19. The van der Waals surface area contributed by atoms with Crippen molar-refractivity contribution in [3.8, 4) is 11.3 Å². The highest BCUT2D eigenvalue weighted by Gasteiger charge is 2.15. The van der Waals surface area contributed by atoms with Crippen LogP contribution in [-0.2, 0) is 6.54 Å². The summed E-state index contributed by atoms with van der Waals surface area (Å²) >= 11 is 0. The number of carbonyl (C=O) groups excluding carboxylic acids is 1. The lowest BCUT2D eigenvalue weighted by atomic mass is 10.1. The SMILES string of the molecule is O=C(Nc1ccn(Cc2ccccc2)n1)c1cc(-c2ccccc2)no1. The third-order valence-electron chi connectivity index (χ3n) is 3.87. The van der Waals surface area contributed by atoms with Gasteiger partial charge in [0.15, 0.2) is 5.82 Å². The first kappa shape index (κ1) is 15.8. The van der Waals surface area contributed by atoms with Crippen molar-refractivity contribution in [1.82, 2.24) is 14.9 Å². The largest absolute Gasteiger partial charge is 0.350 e. The average molecular weight is 344 g/mol. The van der Waals surface area contributed by atoms with E-state index in [9.17, 15) is 4.79 Å². The maximum Gasteiger partial charge on any atom is 0.295 e. The van der Waals surface area contributed by atoms with E-state index in [1.165, 1.54) is 0 Å². The van der Waals surface area contributed by atoms with E-state index in [1.807, 2.05) is 66.9 Å². The molecule has 1 N–H and O–H groups in total. The Labute approximate surface area is 150 Å². The lowest BCUT2D eigenvalue weighted by molar-refractivity contribution is 0.0987. The molecule has 1 amide bonds. The zero-order valence-corrected chi connectivity index (χ0v) is 13.9. The molecule has 6 heteroatoms. The number of benzene rings is 2. The van der Waals surface area contributed by atoms with Crippen LogP contribution in [0.4, 0.5) is 5.82 Å². The molecule has 0 saturated carbocycles. The van der Waals surface area contributed by atoms with Gasteiger partial charge < -0.3 is 9.84 Å². The molecule has 6 nitrogen and oxygen atoms in total. The third kappa shape index (κ3) is 3.54. The van der Waals surface area contributed by atoms with E-state index < -0.39 is 0 Å². The Morgan fingerprint density at radius 2 is 1.73 bits per heavy atom. The Hall–Kier alpha value is -3.67. The van der Waals surface area contributed by atoms with Crippen molar-refractivity contribution in [1.29, 1.82) is 0 Å². The zero-order valence-electron chi connectivity index (χ0n) is 13.9. The van der Waals surface area contributed by atoms with Gasteiger partial charge in [-0.25, -0.2) is 0 Å². The zero-order chi connectivity index (χ0) is 17.8. The Morgan fingerprint density at radius 1 is 1.00 bits per heavy atom. The molecule has 0 aliphatic rings. The summed E-state index contributed by atoms with van der Waals surface area (Å²) in [6.45, 7) is 0.636. The average Bonchev–Trinajstić information content (AvgIpc) is 3.33. The van der Waals surface area contributed by atoms with Gasteiger partial charge in [-0.05, 0) is 5.56 Å². The van der Waals surface area contributed by atoms with Crippen LogP contribution in [0.1, 0.15) is 16.1 Å². The summed E-state index contributed by atoms with van der Waals surface area (Å²) in [4.78, 5) is 12.3. The molecule has 4 rings (SSSR count). The van der Waals surface area contributed by atoms with Crippen LogP contribution < -0.4 is 5.32 Å². The topological polar surface area (TPSA) is 73.0 Å². The summed E-state index contributed by atoms with van der Waals surface area (Å²) in [6, 6.07) is 22.9. The van der Waals surface area contributed by atoms with Crippen molar-refractivity contribution in [2.45, 2.75) is 6.54 Å². The Kier molecular flexibility index (Phi) is 4.30. The summed E-state index contributed by atoms with van der Waals surface area (Å²) in [5.74, 6) is 0.217. The molecule has 2 heterocycles. The molecule has 0 spiro atoms. The summed E-state index contributed by atoms with van der Waals surface area (Å²) in [5, 5.41) is 11.0. The molecular formula is C20H16N4O2. The number of amides is 1. The van der Waals surface area contributed by atoms with Crippen molar-refractivity contribution in [2.24, 2.45) is 0 Å². The fraction of sp³-hybridized carbons (Fsp3) is 0.0500. The first-order chi connectivity index (χ1) is 12.8. The Bertz CT molecular complexity index is 1010. The highest BCUT2D eigenvalue weighted by atomic mass is 16.5. The minimum Gasteiger partial charge on any atom is -0.350 e. The van der Waals surface area contributed by atoms with Gasteiger partial charge in [-0.1, -0.05) is 65.8 Å². The minimum atomic E-state index is -0.385. The van der Waals surface area contributed by atoms with E-state index in [0.29, 0.717) is 18.1 Å². The van der Waals surface area contributed by atoms with Crippen LogP contribution in [0, 0.1) is 0 Å². The summed E-state index contributed by atoms with van der Waals surface area (Å²) in [5.41, 5.74) is 2.64. The third-order valence-corrected chi connectivity index (χ3v) is 3.87. The highest BCUT2D eigenvalue weighted by Crippen LogP contribution is 2.19. The van der Waals surface area contributed by atoms with Crippen LogP contribution in [0.15, 0.2) is 83.5 Å². The number of hydrogen-bond donors (Lipinski definition) is 1. The second-order valence-electron chi connectivity index (χ2n) is 5.78. The lowest BCUT2D eigenvalue weighted by Crippen LogP contribution is -2.12. The van der Waals surface area contributed by atoms with E-state index in [2.05, 4.69) is 15.6 Å². The van der Waals surface area contributed by atoms with Crippen molar-refractivity contribution in [3.05, 3.63) is 90.3 Å². The second-order valence-corrected chi connectivity index (χ2v) is 5.78. The molecule has 128 valence electrons. The summed E-state index contributed by atoms with van der Waals surface area (Å²) < 4.78 is 6.92. The van der Waals surface area contributed by atoms with Crippen molar-refractivity contribution < 1.29 is 9.32 Å². The van der Waals surface area contributed by atoms with Gasteiger partial charge in [-0.15, -0.1) is 0 Å². The standard InChI is InChI=1S/C20H16N4O2/c25-20(18-13-17(23-26-18)16-9-5-2-6-10-16)21-19-11-12-24(22-19)14-15-7-3-1-4-8-15/h1-13H,14H2,(H,21,22,25). The smallest absolute Gasteiger partial charge is 0.295 e. The fourth-order valence-electron chi connectivity index (χ4n) is 2.59. The van der Waals surface area contributed by atoms with E-state index >= 15 is 0 Å². The van der Waals surface area contributed by atoms with E-state index in [0.717, 1.165) is 11.1 Å². The highest BCUT2D eigenvalue weighted by molar-refractivity contribution is 6.02. The van der Waals surface area contributed by atoms with Gasteiger partial charge in [0.2, 0.25) is 5.76 Å². The maximum atomic E-state index is 12.3. The van der Waals surface area contributed by atoms with Crippen LogP contribution >= 0.6 is 0 Å². The van der Waals surface area contributed by atoms with Gasteiger partial charge in [-0.2, -0.15) is 5.10 Å². The van der Waals surface area contributed by atoms with Crippen molar-refractivity contribution >= 4 is 11.7 Å². The molecule has 0 bridgehead atoms. The van der Waals surface area contributed by atoms with E-state index in [1.54, 1.807) is 16.8 Å². The molecule has 2 aromatic heterocycles. The predicted octanol–water partition coefficient (Wildman–Crippen LogP) is 3.84. The minimum absolute atomic E-state index is 0.140. The molecule has 0 atom stereocenters. The molecule has 26 heavy (non-hydrogen) atoms. The van der Waals surface area contributed by atoms with Crippen LogP contribution in [0.25, 0.3) is 11.3 Å². The van der Waals surface area contributed by atoms with Crippen LogP contribution in [-0.4, -0.2) is 20.8 Å². The van der Waals surface area contributed by atoms with Crippen molar-refractivity contribution in [3.63, 3.8) is 0 Å². The number of nitrogens with one attached hydrogen (secondary N) is 1. The molecule has 0 unspecified atom stereocenters. The summed E-state index contributed by atoms with van der Waals surface area (Å²) in [6.07, 6.45) is 1.82. The molecule has 4 aromatic rings. The van der Waals surface area contributed by atoms with Gasteiger partial charge in [0.25, 0.3) is 5.91 Å². The van der Waals surface area contributed by atoms with Gasteiger partial charge in [0, 0.05) is 23.9 Å². The monoisotopic (exact) mass is 344 g/mol. The van der Waals surface area contributed by atoms with Gasteiger partial charge in [0.05, 0.1) is 6.54 Å². The Balaban J connectivity index is 1.43. The van der Waals surface area contributed by atoms with Crippen molar-refractivity contribution in [2.75, 3.05) is 5.32 Å². The molecule has 0 aliphatic heterocycles. The molecular weight excluding hydrogens is 328 g/mol. The van der Waals surface area contributed by atoms with E-state index in [4.69, 9.17) is 4.52 Å². The number of hydrogen-bond acceptors (Lipinski definition) is 4. The molecule has 0 saturated heterocycles. The molecule has 2 aromatic carbocycles. The Morgan fingerprint density at radius 3 is 2.50 bits per heavy atom. The van der Waals surface area contributed by atoms with Gasteiger partial charge in [0.1, 0.15) is 5.69 Å². The number of anilines is 1. The first-order valence-corrected chi connectivity index (χ1v) is 8.19. The normalized spacial score (nSPS) is 10.6. The van der Waals surface area contributed by atoms with Gasteiger partial charge in [-0.3, -0.25) is 9.48 Å². The predicted molar refractivity (Wildman–Crippen MR) is 97.7 cm³/mol. The number of nitrogens with zero attached hydrogens (tertiary/aromatic N) is 3. The lowest BCUT2D eigenvalue weighted by Gasteiger charge is -2.01. The molecule has 0 radical (unpaired) electrons. The van der Waals surface area contributed by atoms with Crippen LogP contribution in [0.5, 0.6) is 0 Å². The quantitative estimate of drug-likeness (QED) is 0.597. The number of aromatic nitrogens is 3. The van der Waals surface area contributed by atoms with Gasteiger partial charge >= 0.3 is 0 Å². The van der Waals surface area contributed by atoms with E-state index in [-0.39, 0.29) is 11.7 Å². The number of rotatable bonds is 5. The fourth-order valence-corrected chi connectivity index (χ4v) is 2.59. The molecule has 0 fully saturated rings. The number of carbonyl (C=O) groups is 1. The maximum absolute atomic E-state index is 12.3. The molecule has 0 aliphatic carbocycles.